The summed E-state index contributed by atoms with van der Waals surface area (Å²) in [6.45, 7) is 6.89. The van der Waals surface area contributed by atoms with Gasteiger partial charge in [-0.3, -0.25) is 0 Å². The first-order valence-corrected chi connectivity index (χ1v) is 8.82. The van der Waals surface area contributed by atoms with Crippen molar-refractivity contribution in [2.45, 2.75) is 32.8 Å². The first-order chi connectivity index (χ1) is 12.0. The summed E-state index contributed by atoms with van der Waals surface area (Å²) in [4.78, 5) is 18.5. The third kappa shape index (κ3) is 4.93. The molecule has 1 fully saturated rings. The summed E-state index contributed by atoms with van der Waals surface area (Å²) in [5, 5.41) is 15.6. The zero-order chi connectivity index (χ0) is 17.8. The van der Waals surface area contributed by atoms with Crippen LogP contribution in [0, 0.1) is 12.8 Å². The second-order valence-corrected chi connectivity index (χ2v) is 6.89. The van der Waals surface area contributed by atoms with Gasteiger partial charge in [-0.2, -0.15) is 0 Å². The molecular formula is C18H26N4O3. The number of aromatic nitrogens is 1. The van der Waals surface area contributed by atoms with E-state index in [1.165, 1.54) is 12.8 Å². The van der Waals surface area contributed by atoms with Gasteiger partial charge in [0.05, 0.1) is 6.10 Å². The minimum Gasteiger partial charge on any atom is -0.441 e. The van der Waals surface area contributed by atoms with E-state index in [0.29, 0.717) is 29.2 Å². The lowest BCUT2D eigenvalue weighted by molar-refractivity contribution is 0.0924. The first kappa shape index (κ1) is 17.7. The molecule has 1 saturated heterocycles. The number of carbonyl (C=O) groups is 1. The molecule has 1 aliphatic heterocycles. The summed E-state index contributed by atoms with van der Waals surface area (Å²) >= 11 is 0. The predicted octanol–water partition coefficient (Wildman–Crippen LogP) is 2.35. The highest BCUT2D eigenvalue weighted by Gasteiger charge is 2.18. The van der Waals surface area contributed by atoms with E-state index in [0.717, 1.165) is 19.0 Å². The highest BCUT2D eigenvalue weighted by molar-refractivity contribution is 5.91. The molecule has 1 aromatic heterocycles. The number of likely N-dealkylation sites (tertiary alicyclic amines) is 1. The van der Waals surface area contributed by atoms with E-state index in [-0.39, 0.29) is 12.6 Å². The second-order valence-electron chi connectivity index (χ2n) is 6.89. The van der Waals surface area contributed by atoms with Crippen molar-refractivity contribution in [3.8, 4) is 0 Å². The third-order valence-electron chi connectivity index (χ3n) is 4.60. The highest BCUT2D eigenvalue weighted by Crippen LogP contribution is 2.19. The first-order valence-electron chi connectivity index (χ1n) is 8.82. The summed E-state index contributed by atoms with van der Waals surface area (Å²) in [6, 6.07) is 4.96. The summed E-state index contributed by atoms with van der Waals surface area (Å²) in [6.07, 6.45) is 1.77. The molecule has 1 unspecified atom stereocenters. The number of amides is 2. The summed E-state index contributed by atoms with van der Waals surface area (Å²) < 4.78 is 5.41. The Bertz CT molecular complexity index is 722. The zero-order valence-corrected chi connectivity index (χ0v) is 14.8. The fourth-order valence-corrected chi connectivity index (χ4v) is 3.11. The molecule has 1 atom stereocenters. The van der Waals surface area contributed by atoms with Crippen LogP contribution in [0.1, 0.15) is 25.7 Å². The van der Waals surface area contributed by atoms with Gasteiger partial charge in [-0.15, -0.1) is 0 Å². The largest absolute Gasteiger partial charge is 0.441 e. The highest BCUT2D eigenvalue weighted by atomic mass is 16.3. The van der Waals surface area contributed by atoms with Crippen LogP contribution in [0.3, 0.4) is 0 Å². The van der Waals surface area contributed by atoms with Gasteiger partial charge in [0.2, 0.25) is 0 Å². The normalized spacial score (nSPS) is 17.6. The maximum absolute atomic E-state index is 12.0. The minimum atomic E-state index is -0.570. The molecule has 1 aliphatic rings. The van der Waals surface area contributed by atoms with Crippen LogP contribution in [0.25, 0.3) is 11.1 Å². The Balaban J connectivity index is 1.43. The van der Waals surface area contributed by atoms with Gasteiger partial charge < -0.3 is 25.1 Å². The van der Waals surface area contributed by atoms with Crippen molar-refractivity contribution < 1.29 is 14.3 Å². The zero-order valence-electron chi connectivity index (χ0n) is 14.8. The number of aryl methyl sites for hydroxylation is 1. The quantitative estimate of drug-likeness (QED) is 0.773. The van der Waals surface area contributed by atoms with Gasteiger partial charge in [-0.25, -0.2) is 9.78 Å². The molecule has 2 amide bonds. The average molecular weight is 346 g/mol. The molecule has 136 valence electrons. The number of anilines is 1. The van der Waals surface area contributed by atoms with Crippen molar-refractivity contribution in [1.29, 1.82) is 0 Å². The van der Waals surface area contributed by atoms with Gasteiger partial charge >= 0.3 is 6.03 Å². The lowest BCUT2D eigenvalue weighted by Crippen LogP contribution is -2.43. The Kier molecular flexibility index (Phi) is 5.55. The minimum absolute atomic E-state index is 0.225. The van der Waals surface area contributed by atoms with Crippen LogP contribution in [-0.4, -0.2) is 53.3 Å². The van der Waals surface area contributed by atoms with Crippen LogP contribution >= 0.6 is 0 Å². The molecule has 0 radical (unpaired) electrons. The van der Waals surface area contributed by atoms with Crippen molar-refractivity contribution in [2.75, 3.05) is 31.5 Å². The molecule has 2 aromatic rings. The number of hydrogen-bond donors (Lipinski definition) is 3. The van der Waals surface area contributed by atoms with E-state index in [9.17, 15) is 9.90 Å². The molecule has 2 heterocycles. The monoisotopic (exact) mass is 346 g/mol. The number of carbonyl (C=O) groups excluding carboxylic acids is 1. The number of benzene rings is 1. The lowest BCUT2D eigenvalue weighted by atomic mass is 9.99. The molecular weight excluding hydrogens is 320 g/mol. The number of piperidine rings is 1. The molecule has 3 N–H and O–H groups in total. The number of nitrogens with one attached hydrogen (secondary N) is 2. The number of hydrogen-bond acceptors (Lipinski definition) is 5. The Hall–Kier alpha value is -2.12. The van der Waals surface area contributed by atoms with Crippen molar-refractivity contribution >= 4 is 22.8 Å². The summed E-state index contributed by atoms with van der Waals surface area (Å²) in [5.41, 5.74) is 2.03. The van der Waals surface area contributed by atoms with E-state index in [1.807, 2.05) is 0 Å². The SMILES string of the molecule is Cc1nc2cc(NC(=O)NCC(O)CN3CCC(C)CC3)ccc2o1. The second kappa shape index (κ2) is 7.84. The maximum Gasteiger partial charge on any atom is 0.319 e. The van der Waals surface area contributed by atoms with Crippen molar-refractivity contribution in [3.05, 3.63) is 24.1 Å². The lowest BCUT2D eigenvalue weighted by Gasteiger charge is -2.31. The van der Waals surface area contributed by atoms with E-state index in [1.54, 1.807) is 25.1 Å². The molecule has 0 bridgehead atoms. The number of β-amino-alcohol motifs (C(OH)–C–C–N with tert-alkyl or cyclic N) is 1. The van der Waals surface area contributed by atoms with Gasteiger partial charge in [-0.1, -0.05) is 6.92 Å². The fourth-order valence-electron chi connectivity index (χ4n) is 3.11. The summed E-state index contributed by atoms with van der Waals surface area (Å²) in [7, 11) is 0. The Morgan fingerprint density at radius 3 is 2.96 bits per heavy atom. The van der Waals surface area contributed by atoms with Crippen LogP contribution < -0.4 is 10.6 Å². The van der Waals surface area contributed by atoms with Gasteiger partial charge in [0.15, 0.2) is 11.5 Å². The van der Waals surface area contributed by atoms with E-state index < -0.39 is 6.10 Å². The molecule has 7 nitrogen and oxygen atoms in total. The van der Waals surface area contributed by atoms with Gasteiger partial charge in [0.25, 0.3) is 0 Å². The number of oxazole rings is 1. The fraction of sp³-hybridized carbons (Fsp3) is 0.556. The third-order valence-corrected chi connectivity index (χ3v) is 4.60. The number of fused-ring (bicyclic) bond motifs is 1. The van der Waals surface area contributed by atoms with Gasteiger partial charge in [-0.05, 0) is 50.0 Å². The van der Waals surface area contributed by atoms with Crippen LogP contribution in [0.4, 0.5) is 10.5 Å². The topological polar surface area (TPSA) is 90.6 Å². The predicted molar refractivity (Wildman–Crippen MR) is 96.6 cm³/mol. The molecule has 0 aliphatic carbocycles. The number of nitrogens with zero attached hydrogens (tertiary/aromatic N) is 2. The molecule has 0 saturated carbocycles. The Morgan fingerprint density at radius 2 is 2.20 bits per heavy atom. The molecule has 3 rings (SSSR count). The van der Waals surface area contributed by atoms with E-state index >= 15 is 0 Å². The van der Waals surface area contributed by atoms with Crippen LogP contribution in [0.2, 0.25) is 0 Å². The molecule has 7 heteroatoms. The van der Waals surface area contributed by atoms with Crippen LogP contribution in [0.5, 0.6) is 0 Å². The van der Waals surface area contributed by atoms with Crippen molar-refractivity contribution in [2.24, 2.45) is 5.92 Å². The number of aliphatic hydroxyl groups is 1. The standard InChI is InChI=1S/C18H26N4O3/c1-12-5-7-22(8-6-12)11-15(23)10-19-18(24)21-14-3-4-17-16(9-14)20-13(2)25-17/h3-4,9,12,15,23H,5-8,10-11H2,1-2H3,(H2,19,21,24). The Labute approximate surface area is 147 Å². The smallest absolute Gasteiger partial charge is 0.319 e. The van der Waals surface area contributed by atoms with Crippen LogP contribution in [-0.2, 0) is 0 Å². The number of rotatable bonds is 5. The van der Waals surface area contributed by atoms with E-state index in [4.69, 9.17) is 4.42 Å². The van der Waals surface area contributed by atoms with Crippen molar-refractivity contribution in [1.82, 2.24) is 15.2 Å². The summed E-state index contributed by atoms with van der Waals surface area (Å²) in [5.74, 6) is 1.36. The van der Waals surface area contributed by atoms with E-state index in [2.05, 4.69) is 27.4 Å². The van der Waals surface area contributed by atoms with Gasteiger partial charge in [0, 0.05) is 25.7 Å². The number of urea groups is 1. The van der Waals surface area contributed by atoms with Crippen LogP contribution in [0.15, 0.2) is 22.6 Å². The molecule has 1 aromatic carbocycles. The maximum atomic E-state index is 12.0. The van der Waals surface area contributed by atoms with Gasteiger partial charge in [0.1, 0.15) is 5.52 Å². The number of aliphatic hydroxyl groups excluding tert-OH is 1. The molecule has 25 heavy (non-hydrogen) atoms. The molecule has 0 spiro atoms. The Morgan fingerprint density at radius 1 is 1.44 bits per heavy atom. The van der Waals surface area contributed by atoms with Crippen molar-refractivity contribution in [3.63, 3.8) is 0 Å². The average Bonchev–Trinajstić information content (AvgIpc) is 2.94.